The number of benzene rings is 3. The quantitative estimate of drug-likeness (QED) is 0.0425. The second kappa shape index (κ2) is 29.1. The smallest absolute Gasteiger partial charge is 0.0205 e. The Labute approximate surface area is 307 Å². The van der Waals surface area contributed by atoms with Gasteiger partial charge in [0, 0.05) is 6.54 Å². The lowest BCUT2D eigenvalue weighted by atomic mass is 9.97. The zero-order chi connectivity index (χ0) is 35.2. The van der Waals surface area contributed by atoms with Crippen LogP contribution in [0.3, 0.4) is 0 Å². The maximum Gasteiger partial charge on any atom is 0.0205 e. The molecular formula is C45H73N5. The first-order chi connectivity index (χ1) is 24.8. The highest BCUT2D eigenvalue weighted by Gasteiger charge is 2.04. The van der Waals surface area contributed by atoms with E-state index in [1.807, 2.05) is 0 Å². The van der Waals surface area contributed by atoms with Crippen molar-refractivity contribution in [2.24, 2.45) is 0 Å². The molecule has 0 aliphatic rings. The summed E-state index contributed by atoms with van der Waals surface area (Å²) in [5.41, 5.74) is 7.91. The van der Waals surface area contributed by atoms with E-state index in [4.69, 9.17) is 0 Å². The molecule has 5 N–H and O–H groups in total. The van der Waals surface area contributed by atoms with Gasteiger partial charge >= 0.3 is 0 Å². The Morgan fingerprint density at radius 2 is 0.740 bits per heavy atom. The number of rotatable bonds is 32. The number of hydrogen-bond acceptors (Lipinski definition) is 5. The van der Waals surface area contributed by atoms with Crippen LogP contribution in [0.5, 0.6) is 0 Å². The Kier molecular flexibility index (Phi) is 24.4. The summed E-state index contributed by atoms with van der Waals surface area (Å²) < 4.78 is 0. The second-order valence-corrected chi connectivity index (χ2v) is 14.1. The van der Waals surface area contributed by atoms with Gasteiger partial charge in [-0.25, -0.2) is 0 Å². The van der Waals surface area contributed by atoms with Crippen LogP contribution in [0.4, 0.5) is 0 Å². The third-order valence-electron chi connectivity index (χ3n) is 9.62. The van der Waals surface area contributed by atoms with Gasteiger partial charge in [-0.05, 0) is 150 Å². The number of hydrogen-bond donors (Lipinski definition) is 5. The summed E-state index contributed by atoms with van der Waals surface area (Å²) in [6.45, 7) is 15.6. The molecule has 0 aliphatic carbocycles. The van der Waals surface area contributed by atoms with Gasteiger partial charge in [0.05, 0.1) is 0 Å². The van der Waals surface area contributed by atoms with Crippen LogP contribution in [-0.4, -0.2) is 58.9 Å². The third kappa shape index (κ3) is 19.7. The molecule has 0 spiro atoms. The van der Waals surface area contributed by atoms with Gasteiger partial charge in [0.1, 0.15) is 0 Å². The molecule has 0 radical (unpaired) electrons. The monoisotopic (exact) mass is 684 g/mol. The highest BCUT2D eigenvalue weighted by atomic mass is 14.9. The highest BCUT2D eigenvalue weighted by molar-refractivity contribution is 5.73. The summed E-state index contributed by atoms with van der Waals surface area (Å²) in [5.74, 6) is 0. The van der Waals surface area contributed by atoms with Crippen molar-refractivity contribution in [1.29, 1.82) is 0 Å². The van der Waals surface area contributed by atoms with Gasteiger partial charge in [0.25, 0.3) is 0 Å². The average molecular weight is 684 g/mol. The minimum absolute atomic E-state index is 0.919. The van der Waals surface area contributed by atoms with E-state index in [1.54, 1.807) is 0 Å². The molecule has 0 heterocycles. The molecule has 5 heteroatoms. The first kappa shape index (κ1) is 41.9. The van der Waals surface area contributed by atoms with Crippen LogP contribution in [0.1, 0.15) is 115 Å². The maximum absolute atomic E-state index is 3.62. The Balaban J connectivity index is 1.23. The molecule has 0 unspecified atom stereocenters. The third-order valence-corrected chi connectivity index (χ3v) is 9.62. The van der Waals surface area contributed by atoms with Crippen molar-refractivity contribution in [1.82, 2.24) is 26.6 Å². The van der Waals surface area contributed by atoms with Crippen LogP contribution < -0.4 is 26.6 Å². The molecule has 3 aromatic rings. The average Bonchev–Trinajstić information content (AvgIpc) is 3.15. The molecule has 0 amide bonds. The van der Waals surface area contributed by atoms with Crippen LogP contribution in [0.2, 0.25) is 0 Å². The van der Waals surface area contributed by atoms with Gasteiger partial charge in [0.15, 0.2) is 0 Å². The van der Waals surface area contributed by atoms with Crippen molar-refractivity contribution >= 4 is 0 Å². The van der Waals surface area contributed by atoms with Crippen LogP contribution in [0.25, 0.3) is 22.3 Å². The summed E-state index contributed by atoms with van der Waals surface area (Å²) in [6, 6.07) is 27.3. The molecule has 0 aliphatic heterocycles. The number of unbranched alkanes of at least 4 members (excludes halogenated alkanes) is 8. The van der Waals surface area contributed by atoms with E-state index in [0.29, 0.717) is 0 Å². The summed E-state index contributed by atoms with van der Waals surface area (Å²) in [4.78, 5) is 0. The number of nitrogens with one attached hydrogen (secondary N) is 5. The van der Waals surface area contributed by atoms with Crippen molar-refractivity contribution < 1.29 is 0 Å². The number of aryl methyl sites for hydroxylation is 1. The Morgan fingerprint density at radius 3 is 1.20 bits per heavy atom. The topological polar surface area (TPSA) is 60.1 Å². The molecule has 0 saturated carbocycles. The van der Waals surface area contributed by atoms with E-state index >= 15 is 0 Å². The molecule has 0 bridgehead atoms. The Hall–Kier alpha value is -2.54. The summed E-state index contributed by atoms with van der Waals surface area (Å²) in [5, 5.41) is 18.0. The van der Waals surface area contributed by atoms with Gasteiger partial charge in [-0.15, -0.1) is 0 Å². The molecule has 0 fully saturated rings. The molecule has 5 nitrogen and oxygen atoms in total. The van der Waals surface area contributed by atoms with Crippen LogP contribution >= 0.6 is 0 Å². The summed E-state index contributed by atoms with van der Waals surface area (Å²) >= 11 is 0. The fourth-order valence-electron chi connectivity index (χ4n) is 6.41. The van der Waals surface area contributed by atoms with Crippen LogP contribution in [-0.2, 0) is 13.0 Å². The Morgan fingerprint density at radius 1 is 0.340 bits per heavy atom. The predicted octanol–water partition coefficient (Wildman–Crippen LogP) is 9.51. The van der Waals surface area contributed by atoms with Crippen molar-refractivity contribution in [3.63, 3.8) is 0 Å². The minimum Gasteiger partial charge on any atom is -0.317 e. The molecule has 3 aromatic carbocycles. The maximum atomic E-state index is 3.62. The standard InChI is InChI=1S/C45H73N5/c1-3-5-7-11-29-46-32-15-33-48-31-13-9-10-18-40-21-25-42(26-22-40)44-19-14-20-45(38-44)43-27-23-41(24-28-43)39-50-37-17-36-49-35-16-34-47-30-12-8-6-4-2/h14,19-28,38,46-50H,3-13,15-18,29-37,39H2,1-2H3. The molecule has 3 rings (SSSR count). The molecule has 0 saturated heterocycles. The van der Waals surface area contributed by atoms with E-state index in [9.17, 15) is 0 Å². The van der Waals surface area contributed by atoms with Crippen LogP contribution in [0.15, 0.2) is 72.8 Å². The van der Waals surface area contributed by atoms with Gasteiger partial charge in [0.2, 0.25) is 0 Å². The Bertz CT molecular complexity index is 1100. The van der Waals surface area contributed by atoms with E-state index in [0.717, 1.165) is 65.2 Å². The van der Waals surface area contributed by atoms with Crippen molar-refractivity contribution in [2.75, 3.05) is 58.9 Å². The molecule has 0 atom stereocenters. The first-order valence-electron chi connectivity index (χ1n) is 20.6. The van der Waals surface area contributed by atoms with E-state index < -0.39 is 0 Å². The lowest BCUT2D eigenvalue weighted by Crippen LogP contribution is -2.25. The van der Waals surface area contributed by atoms with Crippen molar-refractivity contribution in [3.8, 4) is 22.3 Å². The first-order valence-corrected chi connectivity index (χ1v) is 20.6. The zero-order valence-corrected chi connectivity index (χ0v) is 32.1. The highest BCUT2D eigenvalue weighted by Crippen LogP contribution is 2.27. The molecule has 0 aromatic heterocycles. The van der Waals surface area contributed by atoms with E-state index in [1.165, 1.54) is 130 Å². The minimum atomic E-state index is 0.919. The molecule has 278 valence electrons. The van der Waals surface area contributed by atoms with Gasteiger partial charge < -0.3 is 26.6 Å². The SMILES string of the molecule is CCCCCCNCCCNCCCCCc1ccc(-c2cccc(-c3ccc(CNCCCNCCCNCCCCCC)cc3)c2)cc1. The van der Waals surface area contributed by atoms with Crippen molar-refractivity contribution in [3.05, 3.63) is 83.9 Å². The van der Waals surface area contributed by atoms with Gasteiger partial charge in [-0.1, -0.05) is 126 Å². The van der Waals surface area contributed by atoms with Crippen LogP contribution in [0, 0.1) is 0 Å². The molecule has 50 heavy (non-hydrogen) atoms. The van der Waals surface area contributed by atoms with Crippen molar-refractivity contribution in [2.45, 2.75) is 117 Å². The predicted molar refractivity (Wildman–Crippen MR) is 220 cm³/mol. The van der Waals surface area contributed by atoms with E-state index in [-0.39, 0.29) is 0 Å². The fraction of sp³-hybridized carbons (Fsp3) is 0.600. The lowest BCUT2D eigenvalue weighted by Gasteiger charge is -2.10. The van der Waals surface area contributed by atoms with Gasteiger partial charge in [-0.2, -0.15) is 0 Å². The molecular weight excluding hydrogens is 611 g/mol. The fourth-order valence-corrected chi connectivity index (χ4v) is 6.41. The summed E-state index contributed by atoms with van der Waals surface area (Å²) in [6.07, 6.45) is 19.3. The second-order valence-electron chi connectivity index (χ2n) is 14.1. The van der Waals surface area contributed by atoms with E-state index in [2.05, 4.69) is 113 Å². The normalized spacial score (nSPS) is 11.4. The zero-order valence-electron chi connectivity index (χ0n) is 32.1. The lowest BCUT2D eigenvalue weighted by molar-refractivity contribution is 0.551. The summed E-state index contributed by atoms with van der Waals surface area (Å²) in [7, 11) is 0. The largest absolute Gasteiger partial charge is 0.317 e. The van der Waals surface area contributed by atoms with Gasteiger partial charge in [-0.3, -0.25) is 0 Å².